The number of nitrogens with zero attached hydrogens (tertiary/aromatic N) is 6. The molecule has 0 spiro atoms. The summed E-state index contributed by atoms with van der Waals surface area (Å²) in [5.41, 5.74) is 0. The summed E-state index contributed by atoms with van der Waals surface area (Å²) in [6, 6.07) is 0. The Morgan fingerprint density at radius 2 is 1.17 bits per heavy atom. The summed E-state index contributed by atoms with van der Waals surface area (Å²) < 4.78 is 0. The molecule has 3 aliphatic heterocycles. The van der Waals surface area contributed by atoms with Crippen LogP contribution in [0.2, 0.25) is 0 Å². The molecule has 1 atom stereocenters. The molecule has 0 bridgehead atoms. The molecule has 0 radical (unpaired) electrons. The maximum absolute atomic E-state index is 9.51. The molecule has 4 rings (SSSR count). The van der Waals surface area contributed by atoms with Gasteiger partial charge >= 0.3 is 0 Å². The van der Waals surface area contributed by atoms with Gasteiger partial charge in [0.05, 0.1) is 0 Å². The number of hydrogen-bond acceptors (Lipinski definition) is 7. The summed E-state index contributed by atoms with van der Waals surface area (Å²) in [7, 11) is 0. The van der Waals surface area contributed by atoms with E-state index in [2.05, 4.69) is 14.7 Å². The fraction of sp³-hybridized carbons (Fsp3) is 0.824. The number of aliphatic hydroxyl groups excluding tert-OH is 1. The second kappa shape index (κ2) is 7.09. The van der Waals surface area contributed by atoms with Crippen LogP contribution >= 0.6 is 0 Å². The van der Waals surface area contributed by atoms with Crippen molar-refractivity contribution in [3.63, 3.8) is 0 Å². The quantitative estimate of drug-likeness (QED) is 0.891. The molecule has 4 heterocycles. The van der Waals surface area contributed by atoms with E-state index in [4.69, 9.17) is 15.0 Å². The van der Waals surface area contributed by atoms with E-state index in [1.807, 2.05) is 0 Å². The van der Waals surface area contributed by atoms with Crippen molar-refractivity contribution >= 4 is 17.8 Å². The van der Waals surface area contributed by atoms with Gasteiger partial charge in [-0.2, -0.15) is 15.0 Å². The number of rotatable bonds is 4. The topological polar surface area (TPSA) is 68.6 Å². The average Bonchev–Trinajstić information content (AvgIpc) is 3.35. The minimum absolute atomic E-state index is 0.250. The van der Waals surface area contributed by atoms with Crippen molar-refractivity contribution in [1.82, 2.24) is 15.0 Å². The van der Waals surface area contributed by atoms with Crippen LogP contribution in [0.5, 0.6) is 0 Å². The monoisotopic (exact) mass is 332 g/mol. The fourth-order valence-electron chi connectivity index (χ4n) is 4.00. The van der Waals surface area contributed by atoms with Gasteiger partial charge in [0.15, 0.2) is 0 Å². The fourth-order valence-corrected chi connectivity index (χ4v) is 4.00. The van der Waals surface area contributed by atoms with Crippen molar-refractivity contribution in [2.24, 2.45) is 5.92 Å². The van der Waals surface area contributed by atoms with Gasteiger partial charge in [0.1, 0.15) is 0 Å². The van der Waals surface area contributed by atoms with Gasteiger partial charge in [0.2, 0.25) is 17.8 Å². The minimum Gasteiger partial charge on any atom is -0.396 e. The molecular weight excluding hydrogens is 304 g/mol. The van der Waals surface area contributed by atoms with Crippen LogP contribution < -0.4 is 14.7 Å². The van der Waals surface area contributed by atoms with E-state index < -0.39 is 0 Å². The van der Waals surface area contributed by atoms with E-state index in [-0.39, 0.29) is 6.61 Å². The van der Waals surface area contributed by atoms with Gasteiger partial charge in [-0.1, -0.05) is 0 Å². The lowest BCUT2D eigenvalue weighted by Crippen LogP contribution is -2.38. The summed E-state index contributed by atoms with van der Waals surface area (Å²) in [4.78, 5) is 21.2. The second-order valence-electron chi connectivity index (χ2n) is 7.26. The average molecular weight is 332 g/mol. The van der Waals surface area contributed by atoms with E-state index in [9.17, 15) is 5.11 Å². The number of piperidine rings is 1. The molecule has 0 saturated carbocycles. The summed E-state index contributed by atoms with van der Waals surface area (Å²) in [6.07, 6.45) is 7.06. The first-order valence-electron chi connectivity index (χ1n) is 9.45. The predicted molar refractivity (Wildman–Crippen MR) is 94.7 cm³/mol. The molecule has 1 N–H and O–H groups in total. The van der Waals surface area contributed by atoms with Gasteiger partial charge < -0.3 is 19.8 Å². The zero-order valence-electron chi connectivity index (χ0n) is 14.4. The largest absolute Gasteiger partial charge is 0.396 e. The van der Waals surface area contributed by atoms with Crippen LogP contribution in [0.4, 0.5) is 17.8 Å². The lowest BCUT2D eigenvalue weighted by Gasteiger charge is -2.32. The number of aliphatic hydroxyl groups is 1. The highest BCUT2D eigenvalue weighted by molar-refractivity contribution is 5.47. The highest BCUT2D eigenvalue weighted by Gasteiger charge is 2.26. The molecule has 24 heavy (non-hydrogen) atoms. The van der Waals surface area contributed by atoms with Gasteiger partial charge in [-0.3, -0.25) is 0 Å². The van der Waals surface area contributed by atoms with E-state index >= 15 is 0 Å². The number of anilines is 3. The highest BCUT2D eigenvalue weighted by Crippen LogP contribution is 2.26. The van der Waals surface area contributed by atoms with Crippen LogP contribution in [0.3, 0.4) is 0 Å². The van der Waals surface area contributed by atoms with Gasteiger partial charge in [0.25, 0.3) is 0 Å². The normalized spacial score (nSPS) is 24.9. The van der Waals surface area contributed by atoms with Crippen molar-refractivity contribution in [1.29, 1.82) is 0 Å². The van der Waals surface area contributed by atoms with E-state index in [1.54, 1.807) is 0 Å². The molecular formula is C17H28N6O. The maximum Gasteiger partial charge on any atom is 0.231 e. The third kappa shape index (κ3) is 3.27. The Hall–Kier alpha value is -1.63. The standard InChI is InChI=1S/C17H28N6O/c24-13-14-6-5-11-23(12-14)17-19-15(21-7-1-2-8-21)18-16(20-17)22-9-3-4-10-22/h14,24H,1-13H2. The molecule has 0 amide bonds. The number of hydrogen-bond donors (Lipinski definition) is 1. The zero-order valence-corrected chi connectivity index (χ0v) is 14.4. The molecule has 7 heteroatoms. The van der Waals surface area contributed by atoms with Crippen molar-refractivity contribution < 1.29 is 5.11 Å². The van der Waals surface area contributed by atoms with E-state index in [1.165, 1.54) is 25.7 Å². The first kappa shape index (κ1) is 15.9. The number of aromatic nitrogens is 3. The van der Waals surface area contributed by atoms with Gasteiger partial charge in [-0.15, -0.1) is 0 Å². The van der Waals surface area contributed by atoms with Crippen LogP contribution in [-0.4, -0.2) is 65.9 Å². The molecule has 0 aromatic carbocycles. The van der Waals surface area contributed by atoms with Gasteiger partial charge in [-0.25, -0.2) is 0 Å². The zero-order chi connectivity index (χ0) is 16.4. The molecule has 3 saturated heterocycles. The predicted octanol–water partition coefficient (Wildman–Crippen LogP) is 1.28. The van der Waals surface area contributed by atoms with Crippen molar-refractivity contribution in [2.45, 2.75) is 38.5 Å². The summed E-state index contributed by atoms with van der Waals surface area (Å²) in [6.45, 7) is 6.24. The molecule has 1 aromatic heterocycles. The lowest BCUT2D eigenvalue weighted by molar-refractivity contribution is 0.208. The summed E-state index contributed by atoms with van der Waals surface area (Å²) >= 11 is 0. The second-order valence-corrected chi connectivity index (χ2v) is 7.26. The molecule has 1 aromatic rings. The Balaban J connectivity index is 1.63. The Morgan fingerprint density at radius 1 is 0.708 bits per heavy atom. The first-order valence-corrected chi connectivity index (χ1v) is 9.45. The Bertz CT molecular complexity index is 522. The molecule has 1 unspecified atom stereocenters. The van der Waals surface area contributed by atoms with Crippen LogP contribution in [0, 0.1) is 5.92 Å². The molecule has 3 fully saturated rings. The van der Waals surface area contributed by atoms with E-state index in [0.717, 1.165) is 70.0 Å². The highest BCUT2D eigenvalue weighted by atomic mass is 16.3. The third-order valence-corrected chi connectivity index (χ3v) is 5.44. The van der Waals surface area contributed by atoms with Crippen LogP contribution in [0.1, 0.15) is 38.5 Å². The van der Waals surface area contributed by atoms with Crippen LogP contribution in [0.25, 0.3) is 0 Å². The Morgan fingerprint density at radius 3 is 1.67 bits per heavy atom. The van der Waals surface area contributed by atoms with Crippen molar-refractivity contribution in [3.8, 4) is 0 Å². The van der Waals surface area contributed by atoms with Crippen molar-refractivity contribution in [3.05, 3.63) is 0 Å². The summed E-state index contributed by atoms with van der Waals surface area (Å²) in [5, 5.41) is 9.51. The van der Waals surface area contributed by atoms with E-state index in [0.29, 0.717) is 5.92 Å². The summed E-state index contributed by atoms with van der Waals surface area (Å²) in [5.74, 6) is 2.81. The maximum atomic E-state index is 9.51. The first-order chi connectivity index (χ1) is 11.8. The lowest BCUT2D eigenvalue weighted by atomic mass is 9.99. The van der Waals surface area contributed by atoms with Gasteiger partial charge in [-0.05, 0) is 44.4 Å². The Labute approximate surface area is 143 Å². The smallest absolute Gasteiger partial charge is 0.231 e. The molecule has 7 nitrogen and oxygen atoms in total. The third-order valence-electron chi connectivity index (χ3n) is 5.44. The van der Waals surface area contributed by atoms with Crippen LogP contribution in [0.15, 0.2) is 0 Å². The molecule has 3 aliphatic rings. The SMILES string of the molecule is OCC1CCCN(c2nc(N3CCCC3)nc(N3CCCC3)n2)C1. The Kier molecular flexibility index (Phi) is 4.69. The van der Waals surface area contributed by atoms with Crippen LogP contribution in [-0.2, 0) is 0 Å². The van der Waals surface area contributed by atoms with Gasteiger partial charge in [0, 0.05) is 45.9 Å². The minimum atomic E-state index is 0.250. The molecule has 0 aliphatic carbocycles. The molecule has 132 valence electrons. The van der Waals surface area contributed by atoms with Crippen molar-refractivity contribution in [2.75, 3.05) is 60.6 Å².